The quantitative estimate of drug-likeness (QED) is 0.693. The Labute approximate surface area is 105 Å². The molecule has 2 atom stereocenters. The molecule has 1 aliphatic rings. The van der Waals surface area contributed by atoms with Crippen LogP contribution < -0.4 is 0 Å². The first-order valence-corrected chi connectivity index (χ1v) is 9.46. The fourth-order valence-corrected chi connectivity index (χ4v) is 7.61. The molecule has 16 heavy (non-hydrogen) atoms. The molecule has 1 saturated heterocycles. The SMILES string of the molecule is CCO[P@@](=O)(S[C@@H](C)CC)N1CCSC1=O. The maximum absolute atomic E-state index is 12.6. The summed E-state index contributed by atoms with van der Waals surface area (Å²) in [6, 6.07) is 0. The van der Waals surface area contributed by atoms with Gasteiger partial charge in [0.1, 0.15) is 0 Å². The van der Waals surface area contributed by atoms with Crippen molar-refractivity contribution in [1.29, 1.82) is 0 Å². The Balaban J connectivity index is 2.78. The zero-order valence-electron chi connectivity index (χ0n) is 9.84. The Morgan fingerprint density at radius 3 is 2.75 bits per heavy atom. The van der Waals surface area contributed by atoms with Crippen LogP contribution in [0.5, 0.6) is 0 Å². The monoisotopic (exact) mass is 283 g/mol. The van der Waals surface area contributed by atoms with Gasteiger partial charge in [0.15, 0.2) is 0 Å². The number of hydrogen-bond donors (Lipinski definition) is 0. The number of nitrogens with zero attached hydrogens (tertiary/aromatic N) is 1. The average Bonchev–Trinajstić information content (AvgIpc) is 2.65. The van der Waals surface area contributed by atoms with Crippen LogP contribution in [-0.2, 0) is 9.09 Å². The maximum atomic E-state index is 12.6. The second-order valence-electron chi connectivity index (χ2n) is 3.45. The summed E-state index contributed by atoms with van der Waals surface area (Å²) in [6.45, 7) is 3.73. The highest BCUT2D eigenvalue weighted by molar-refractivity contribution is 8.56. The van der Waals surface area contributed by atoms with Crippen molar-refractivity contribution in [2.24, 2.45) is 0 Å². The van der Waals surface area contributed by atoms with Gasteiger partial charge in [-0.15, -0.1) is 0 Å². The second-order valence-corrected chi connectivity index (χ2v) is 9.20. The summed E-state index contributed by atoms with van der Waals surface area (Å²) in [4.78, 5) is 11.6. The van der Waals surface area contributed by atoms with E-state index >= 15 is 0 Å². The fraction of sp³-hybridized carbons (Fsp3) is 0.889. The second kappa shape index (κ2) is 6.34. The van der Waals surface area contributed by atoms with Gasteiger partial charge in [-0.3, -0.25) is 14.0 Å². The molecule has 0 radical (unpaired) electrons. The zero-order chi connectivity index (χ0) is 12.2. The third-order valence-electron chi connectivity index (χ3n) is 2.22. The van der Waals surface area contributed by atoms with E-state index in [4.69, 9.17) is 4.52 Å². The molecule has 0 saturated carbocycles. The summed E-state index contributed by atoms with van der Waals surface area (Å²) in [5.41, 5.74) is 0. The van der Waals surface area contributed by atoms with Crippen LogP contribution in [0.2, 0.25) is 0 Å². The first kappa shape index (κ1) is 14.4. The lowest BCUT2D eigenvalue weighted by Gasteiger charge is -2.27. The van der Waals surface area contributed by atoms with Gasteiger partial charge >= 0.3 is 6.72 Å². The molecule has 0 N–H and O–H groups in total. The van der Waals surface area contributed by atoms with E-state index in [1.54, 1.807) is 6.92 Å². The minimum atomic E-state index is -3.02. The molecular weight excluding hydrogens is 265 g/mol. The van der Waals surface area contributed by atoms with Crippen molar-refractivity contribution in [3.8, 4) is 0 Å². The molecule has 0 aromatic carbocycles. The molecule has 1 fully saturated rings. The van der Waals surface area contributed by atoms with Gasteiger partial charge in [0, 0.05) is 17.5 Å². The van der Waals surface area contributed by atoms with E-state index in [9.17, 15) is 9.36 Å². The van der Waals surface area contributed by atoms with Gasteiger partial charge in [0.25, 0.3) is 5.24 Å². The number of carbonyl (C=O) groups excluding carboxylic acids is 1. The van der Waals surface area contributed by atoms with Crippen molar-refractivity contribution in [2.75, 3.05) is 18.9 Å². The van der Waals surface area contributed by atoms with Crippen LogP contribution in [0.15, 0.2) is 0 Å². The highest BCUT2D eigenvalue weighted by Gasteiger charge is 2.40. The van der Waals surface area contributed by atoms with E-state index in [1.807, 2.05) is 13.8 Å². The zero-order valence-corrected chi connectivity index (χ0v) is 12.4. The highest BCUT2D eigenvalue weighted by atomic mass is 32.7. The number of amides is 1. The molecule has 7 heteroatoms. The van der Waals surface area contributed by atoms with Crippen molar-refractivity contribution in [3.63, 3.8) is 0 Å². The number of rotatable bonds is 6. The normalized spacial score (nSPS) is 22.2. The third-order valence-corrected chi connectivity index (χ3v) is 8.51. The fourth-order valence-electron chi connectivity index (χ4n) is 1.23. The van der Waals surface area contributed by atoms with Crippen LogP contribution in [0.25, 0.3) is 0 Å². The first-order chi connectivity index (χ1) is 7.53. The minimum Gasteiger partial charge on any atom is -0.306 e. The largest absolute Gasteiger partial charge is 0.356 e. The van der Waals surface area contributed by atoms with Gasteiger partial charge in [0.05, 0.1) is 6.61 Å². The smallest absolute Gasteiger partial charge is 0.306 e. The van der Waals surface area contributed by atoms with Gasteiger partial charge in [0.2, 0.25) is 0 Å². The lowest BCUT2D eigenvalue weighted by molar-refractivity contribution is 0.241. The molecule has 1 amide bonds. The molecule has 0 aromatic heterocycles. The van der Waals surface area contributed by atoms with Crippen molar-refractivity contribution in [1.82, 2.24) is 4.67 Å². The van der Waals surface area contributed by atoms with Crippen LogP contribution >= 0.6 is 29.9 Å². The molecule has 1 heterocycles. The Morgan fingerprint density at radius 2 is 2.31 bits per heavy atom. The summed E-state index contributed by atoms with van der Waals surface area (Å²) < 4.78 is 19.4. The molecule has 0 aromatic rings. The Bertz CT molecular complexity index is 300. The van der Waals surface area contributed by atoms with Gasteiger partial charge in [-0.2, -0.15) is 0 Å². The number of thioether (sulfide) groups is 1. The molecule has 1 rings (SSSR count). The summed E-state index contributed by atoms with van der Waals surface area (Å²) in [5, 5.41) is 0.114. The Kier molecular flexibility index (Phi) is 5.71. The van der Waals surface area contributed by atoms with Gasteiger partial charge in [-0.05, 0) is 24.7 Å². The van der Waals surface area contributed by atoms with Crippen molar-refractivity contribution in [3.05, 3.63) is 0 Å². The van der Waals surface area contributed by atoms with Crippen LogP contribution in [0.3, 0.4) is 0 Å². The Hall–Kier alpha value is 0.360. The van der Waals surface area contributed by atoms with Crippen LogP contribution in [-0.4, -0.2) is 34.1 Å². The van der Waals surface area contributed by atoms with Gasteiger partial charge < -0.3 is 4.52 Å². The molecule has 0 bridgehead atoms. The molecule has 0 unspecified atom stereocenters. The lowest BCUT2D eigenvalue weighted by atomic mass is 10.4. The minimum absolute atomic E-state index is 0.118. The van der Waals surface area contributed by atoms with Crippen molar-refractivity contribution >= 4 is 35.1 Å². The molecule has 94 valence electrons. The van der Waals surface area contributed by atoms with E-state index in [0.717, 1.165) is 6.42 Å². The molecular formula is C9H18NO3PS2. The standard InChI is InChI=1S/C9H18NO3PS2/c1-4-8(3)16-14(12,13-5-2)10-6-7-15-9(10)11/h8H,4-7H2,1-3H3/t8-,14+/m0/s1. The van der Waals surface area contributed by atoms with Crippen LogP contribution in [0.4, 0.5) is 4.79 Å². The van der Waals surface area contributed by atoms with E-state index in [-0.39, 0.29) is 10.5 Å². The summed E-state index contributed by atoms with van der Waals surface area (Å²) in [6.07, 6.45) is 0.914. The predicted octanol–water partition coefficient (Wildman–Crippen LogP) is 3.83. The van der Waals surface area contributed by atoms with Crippen LogP contribution in [0.1, 0.15) is 27.2 Å². The average molecular weight is 283 g/mol. The Morgan fingerprint density at radius 1 is 1.62 bits per heavy atom. The number of hydrogen-bond acceptors (Lipinski definition) is 5. The molecule has 4 nitrogen and oxygen atoms in total. The first-order valence-electron chi connectivity index (χ1n) is 5.41. The van der Waals surface area contributed by atoms with Crippen molar-refractivity contribution in [2.45, 2.75) is 32.4 Å². The lowest BCUT2D eigenvalue weighted by Crippen LogP contribution is -2.20. The highest BCUT2D eigenvalue weighted by Crippen LogP contribution is 2.65. The van der Waals surface area contributed by atoms with Gasteiger partial charge in [-0.1, -0.05) is 25.6 Å². The summed E-state index contributed by atoms with van der Waals surface area (Å²) in [5.74, 6) is 0.705. The maximum Gasteiger partial charge on any atom is 0.356 e. The van der Waals surface area contributed by atoms with E-state index in [2.05, 4.69) is 0 Å². The summed E-state index contributed by atoms with van der Waals surface area (Å²) in [7, 11) is 0. The van der Waals surface area contributed by atoms with Crippen LogP contribution in [0, 0.1) is 0 Å². The topological polar surface area (TPSA) is 46.6 Å². The van der Waals surface area contributed by atoms with E-state index in [1.165, 1.54) is 27.8 Å². The molecule has 0 aliphatic carbocycles. The molecule has 0 spiro atoms. The van der Waals surface area contributed by atoms with Gasteiger partial charge in [-0.25, -0.2) is 0 Å². The van der Waals surface area contributed by atoms with E-state index in [0.29, 0.717) is 18.9 Å². The molecule has 1 aliphatic heterocycles. The third kappa shape index (κ3) is 3.42. The predicted molar refractivity (Wildman–Crippen MR) is 71.1 cm³/mol. The number of carbonyl (C=O) groups is 1. The summed E-state index contributed by atoms with van der Waals surface area (Å²) >= 11 is 2.51. The van der Waals surface area contributed by atoms with E-state index < -0.39 is 6.72 Å². The van der Waals surface area contributed by atoms with Crippen molar-refractivity contribution < 1.29 is 13.9 Å².